The molecule has 0 amide bonds. The van der Waals surface area contributed by atoms with E-state index in [1.165, 1.54) is 0 Å². The molecule has 0 radical (unpaired) electrons. The third-order valence-corrected chi connectivity index (χ3v) is 3.03. The normalized spacial score (nSPS) is 13.6. The molecule has 1 aromatic carbocycles. The summed E-state index contributed by atoms with van der Waals surface area (Å²) in [6.07, 6.45) is 0.765. The Hall–Kier alpha value is -0.980. The molecule has 15 heavy (non-hydrogen) atoms. The monoisotopic (exact) mass is 319 g/mol. The maximum absolute atomic E-state index is 8.60. The molecule has 1 atom stereocenters. The van der Waals surface area contributed by atoms with Gasteiger partial charge >= 0.3 is 0 Å². The molecule has 0 aliphatic rings. The van der Waals surface area contributed by atoms with Crippen molar-refractivity contribution in [2.45, 2.75) is 19.4 Å². The number of anilines is 1. The molecule has 0 saturated heterocycles. The molecule has 0 fully saturated rings. The third-order valence-electron chi connectivity index (χ3n) is 2.08. The summed E-state index contributed by atoms with van der Waals surface area (Å²) in [5.41, 5.74) is 6.56. The highest BCUT2D eigenvalue weighted by Gasteiger charge is 2.12. The van der Waals surface area contributed by atoms with Crippen LogP contribution in [0.4, 0.5) is 5.69 Å². The van der Waals surface area contributed by atoms with Gasteiger partial charge in [0.2, 0.25) is 0 Å². The molecule has 1 rings (SSSR count). The average Bonchev–Trinajstić information content (AvgIpc) is 2.27. The summed E-state index contributed by atoms with van der Waals surface area (Å²) < 4.78 is 1.11. The highest BCUT2D eigenvalue weighted by atomic mass is 127. The zero-order valence-corrected chi connectivity index (χ0v) is 10.6. The topological polar surface area (TPSA) is 70.6 Å². The van der Waals surface area contributed by atoms with Gasteiger partial charge in [-0.25, -0.2) is 0 Å². The first-order chi connectivity index (χ1) is 7.19. The number of nitrogens with zero attached hydrogens (tertiary/aromatic N) is 1. The van der Waals surface area contributed by atoms with Gasteiger partial charge in [-0.15, -0.1) is 0 Å². The Labute approximate surface area is 103 Å². The van der Waals surface area contributed by atoms with Gasteiger partial charge in [-0.3, -0.25) is 0 Å². The lowest BCUT2D eigenvalue weighted by Crippen LogP contribution is -2.35. The Balaban J connectivity index is 2.80. The SMILES string of the molecule is CCC(Nc1ccccc1I)C(N)=NO. The number of halogens is 1. The number of benzene rings is 1. The van der Waals surface area contributed by atoms with Crippen molar-refractivity contribution in [3.05, 3.63) is 27.8 Å². The van der Waals surface area contributed by atoms with Crippen molar-refractivity contribution in [3.63, 3.8) is 0 Å². The maximum Gasteiger partial charge on any atom is 0.161 e. The van der Waals surface area contributed by atoms with E-state index in [0.717, 1.165) is 15.7 Å². The van der Waals surface area contributed by atoms with Gasteiger partial charge in [-0.2, -0.15) is 0 Å². The van der Waals surface area contributed by atoms with Crippen LogP contribution in [0, 0.1) is 3.57 Å². The van der Waals surface area contributed by atoms with E-state index in [-0.39, 0.29) is 11.9 Å². The van der Waals surface area contributed by atoms with Crippen molar-refractivity contribution >= 4 is 34.1 Å². The number of hydrogen-bond donors (Lipinski definition) is 3. The highest BCUT2D eigenvalue weighted by Crippen LogP contribution is 2.18. The second-order valence-electron chi connectivity index (χ2n) is 3.11. The largest absolute Gasteiger partial charge is 0.409 e. The molecule has 4 nitrogen and oxygen atoms in total. The fourth-order valence-electron chi connectivity index (χ4n) is 1.22. The van der Waals surface area contributed by atoms with E-state index in [9.17, 15) is 0 Å². The first-order valence-corrected chi connectivity index (χ1v) is 5.75. The van der Waals surface area contributed by atoms with Crippen LogP contribution in [0.5, 0.6) is 0 Å². The molecule has 5 heteroatoms. The first kappa shape index (κ1) is 12.1. The van der Waals surface area contributed by atoms with Gasteiger partial charge < -0.3 is 16.3 Å². The summed E-state index contributed by atoms with van der Waals surface area (Å²) in [5, 5.41) is 14.8. The molecule has 1 aromatic rings. The lowest BCUT2D eigenvalue weighted by molar-refractivity contribution is 0.316. The summed E-state index contributed by atoms with van der Waals surface area (Å²) in [5.74, 6) is 0.206. The lowest BCUT2D eigenvalue weighted by Gasteiger charge is -2.17. The zero-order chi connectivity index (χ0) is 11.3. The highest BCUT2D eigenvalue weighted by molar-refractivity contribution is 14.1. The van der Waals surface area contributed by atoms with Gasteiger partial charge in [0.05, 0.1) is 6.04 Å². The van der Waals surface area contributed by atoms with Crippen molar-refractivity contribution in [1.29, 1.82) is 0 Å². The number of amidine groups is 1. The maximum atomic E-state index is 8.60. The molecule has 0 aliphatic carbocycles. The van der Waals surface area contributed by atoms with Gasteiger partial charge in [0, 0.05) is 9.26 Å². The van der Waals surface area contributed by atoms with E-state index >= 15 is 0 Å². The van der Waals surface area contributed by atoms with Crippen molar-refractivity contribution < 1.29 is 5.21 Å². The van der Waals surface area contributed by atoms with E-state index in [2.05, 4.69) is 33.1 Å². The standard InChI is InChI=1S/C10H14IN3O/c1-2-8(10(12)14-15)13-9-6-4-3-5-7(9)11/h3-6,8,13,15H,2H2,1H3,(H2,12,14). The Kier molecular flexibility index (Phi) is 4.67. The molecule has 0 aliphatic heterocycles. The first-order valence-electron chi connectivity index (χ1n) is 4.67. The minimum absolute atomic E-state index is 0.133. The van der Waals surface area contributed by atoms with Crippen molar-refractivity contribution in [2.24, 2.45) is 10.9 Å². The molecule has 82 valence electrons. The van der Waals surface area contributed by atoms with E-state index in [1.54, 1.807) is 0 Å². The predicted octanol–water partition coefficient (Wildman–Crippen LogP) is 2.23. The third kappa shape index (κ3) is 3.26. The Bertz CT molecular complexity index is 354. The zero-order valence-electron chi connectivity index (χ0n) is 8.44. The van der Waals surface area contributed by atoms with Gasteiger partial charge in [0.15, 0.2) is 5.84 Å². The molecule has 0 spiro atoms. The summed E-state index contributed by atoms with van der Waals surface area (Å²) in [7, 11) is 0. The molecular weight excluding hydrogens is 305 g/mol. The number of para-hydroxylation sites is 1. The molecule has 0 bridgehead atoms. The van der Waals surface area contributed by atoms with Crippen LogP contribution < -0.4 is 11.1 Å². The quantitative estimate of drug-likeness (QED) is 0.262. The van der Waals surface area contributed by atoms with Crippen LogP contribution in [0.3, 0.4) is 0 Å². The van der Waals surface area contributed by atoms with E-state index < -0.39 is 0 Å². The van der Waals surface area contributed by atoms with Crippen LogP contribution in [0.15, 0.2) is 29.4 Å². The minimum Gasteiger partial charge on any atom is -0.409 e. The summed E-state index contributed by atoms with van der Waals surface area (Å²) in [6.45, 7) is 1.98. The molecule has 0 saturated carbocycles. The van der Waals surface area contributed by atoms with Crippen molar-refractivity contribution in [3.8, 4) is 0 Å². The molecular formula is C10H14IN3O. The Morgan fingerprint density at radius 1 is 1.60 bits per heavy atom. The van der Waals surface area contributed by atoms with Crippen LogP contribution in [-0.4, -0.2) is 17.1 Å². The summed E-state index contributed by atoms with van der Waals surface area (Å²) in [6, 6.07) is 7.75. The second kappa shape index (κ2) is 5.79. The lowest BCUT2D eigenvalue weighted by atomic mass is 10.2. The number of hydrogen-bond acceptors (Lipinski definition) is 3. The average molecular weight is 319 g/mol. The van der Waals surface area contributed by atoms with Gasteiger partial charge in [0.1, 0.15) is 0 Å². The van der Waals surface area contributed by atoms with Crippen LogP contribution in [0.25, 0.3) is 0 Å². The fourth-order valence-corrected chi connectivity index (χ4v) is 1.76. The Morgan fingerprint density at radius 3 is 2.80 bits per heavy atom. The number of oxime groups is 1. The van der Waals surface area contributed by atoms with Crippen LogP contribution in [0.1, 0.15) is 13.3 Å². The second-order valence-corrected chi connectivity index (χ2v) is 4.27. The fraction of sp³-hybridized carbons (Fsp3) is 0.300. The van der Waals surface area contributed by atoms with Gasteiger partial charge in [-0.05, 0) is 41.1 Å². The van der Waals surface area contributed by atoms with Crippen molar-refractivity contribution in [2.75, 3.05) is 5.32 Å². The number of nitrogens with two attached hydrogens (primary N) is 1. The van der Waals surface area contributed by atoms with E-state index in [4.69, 9.17) is 10.9 Å². The van der Waals surface area contributed by atoms with E-state index in [1.807, 2.05) is 31.2 Å². The van der Waals surface area contributed by atoms with Crippen LogP contribution in [-0.2, 0) is 0 Å². The van der Waals surface area contributed by atoms with Crippen LogP contribution >= 0.6 is 22.6 Å². The van der Waals surface area contributed by atoms with Crippen LogP contribution in [0.2, 0.25) is 0 Å². The molecule has 1 unspecified atom stereocenters. The van der Waals surface area contributed by atoms with E-state index in [0.29, 0.717) is 0 Å². The minimum atomic E-state index is -0.133. The molecule has 4 N–H and O–H groups in total. The predicted molar refractivity (Wildman–Crippen MR) is 70.3 cm³/mol. The molecule has 0 heterocycles. The van der Waals surface area contributed by atoms with Gasteiger partial charge in [0.25, 0.3) is 0 Å². The smallest absolute Gasteiger partial charge is 0.161 e. The molecule has 0 aromatic heterocycles. The summed E-state index contributed by atoms with van der Waals surface area (Å²) >= 11 is 2.24. The van der Waals surface area contributed by atoms with Gasteiger partial charge in [-0.1, -0.05) is 24.2 Å². The Morgan fingerprint density at radius 2 is 2.27 bits per heavy atom. The number of rotatable bonds is 4. The summed E-state index contributed by atoms with van der Waals surface area (Å²) in [4.78, 5) is 0. The van der Waals surface area contributed by atoms with Crippen molar-refractivity contribution in [1.82, 2.24) is 0 Å². The number of nitrogens with one attached hydrogen (secondary N) is 1.